The van der Waals surface area contributed by atoms with E-state index in [1.165, 1.54) is 11.4 Å². The minimum absolute atomic E-state index is 0. The molecule has 1 atom stereocenters. The lowest BCUT2D eigenvalue weighted by Crippen LogP contribution is -2.02. The fourth-order valence-corrected chi connectivity index (χ4v) is 2.34. The van der Waals surface area contributed by atoms with Gasteiger partial charge in [-0.3, -0.25) is 0 Å². The molecule has 0 bridgehead atoms. The van der Waals surface area contributed by atoms with Gasteiger partial charge in [0, 0.05) is 0 Å². The molecule has 0 radical (unpaired) electrons. The first-order valence-electron chi connectivity index (χ1n) is 4.42. The highest BCUT2D eigenvalue weighted by molar-refractivity contribution is 7.55. The van der Waals surface area contributed by atoms with Gasteiger partial charge in [-0.15, -0.1) is 12.4 Å². The van der Waals surface area contributed by atoms with Crippen LogP contribution in [0.15, 0.2) is 54.6 Å². The van der Waals surface area contributed by atoms with Gasteiger partial charge in [0.15, 0.2) is 0 Å². The smallest absolute Gasteiger partial charge is 0.123 e. The Morgan fingerprint density at radius 3 is 2.13 bits per heavy atom. The molecular formula is C12H11ClFP. The van der Waals surface area contributed by atoms with Crippen LogP contribution < -0.4 is 10.6 Å². The zero-order valence-corrected chi connectivity index (χ0v) is 9.80. The molecule has 0 heterocycles. The Balaban J connectivity index is 0.00000112. The van der Waals surface area contributed by atoms with Gasteiger partial charge in [-0.2, -0.15) is 0 Å². The first kappa shape index (κ1) is 12.2. The van der Waals surface area contributed by atoms with Gasteiger partial charge >= 0.3 is 0 Å². The second-order valence-electron chi connectivity index (χ2n) is 3.00. The molecule has 2 rings (SSSR count). The lowest BCUT2D eigenvalue weighted by atomic mass is 10.3. The van der Waals surface area contributed by atoms with Crippen LogP contribution in [-0.2, 0) is 0 Å². The van der Waals surface area contributed by atoms with E-state index in [0.29, 0.717) is 8.58 Å². The molecule has 0 aliphatic rings. The first-order chi connectivity index (χ1) is 6.84. The third kappa shape index (κ3) is 3.62. The predicted molar refractivity (Wildman–Crippen MR) is 67.7 cm³/mol. The maximum absolute atomic E-state index is 12.9. The van der Waals surface area contributed by atoms with Crippen LogP contribution in [0.5, 0.6) is 0 Å². The van der Waals surface area contributed by atoms with Crippen molar-refractivity contribution in [2.24, 2.45) is 0 Å². The lowest BCUT2D eigenvalue weighted by molar-refractivity contribution is 0.629. The fraction of sp³-hybridized carbons (Fsp3) is 0. The van der Waals surface area contributed by atoms with Crippen molar-refractivity contribution in [1.29, 1.82) is 0 Å². The van der Waals surface area contributed by atoms with E-state index in [-0.39, 0.29) is 18.2 Å². The van der Waals surface area contributed by atoms with Crippen LogP contribution in [0.3, 0.4) is 0 Å². The van der Waals surface area contributed by atoms with Gasteiger partial charge in [-0.05, 0) is 22.7 Å². The minimum Gasteiger partial charge on any atom is -0.207 e. The second kappa shape index (κ2) is 5.85. The molecule has 0 N–H and O–H groups in total. The summed E-state index contributed by atoms with van der Waals surface area (Å²) in [6.45, 7) is 0. The van der Waals surface area contributed by atoms with Crippen molar-refractivity contribution in [3.8, 4) is 0 Å². The molecule has 15 heavy (non-hydrogen) atoms. The average Bonchev–Trinajstić information content (AvgIpc) is 2.19. The highest BCUT2D eigenvalue weighted by atomic mass is 35.5. The molecule has 0 nitrogen and oxygen atoms in total. The van der Waals surface area contributed by atoms with Crippen LogP contribution in [0.2, 0.25) is 0 Å². The summed E-state index contributed by atoms with van der Waals surface area (Å²) >= 11 is 0. The van der Waals surface area contributed by atoms with Gasteiger partial charge in [-0.25, -0.2) is 4.39 Å². The van der Waals surface area contributed by atoms with E-state index >= 15 is 0 Å². The monoisotopic (exact) mass is 240 g/mol. The third-order valence-corrected chi connectivity index (χ3v) is 3.11. The van der Waals surface area contributed by atoms with E-state index < -0.39 is 0 Å². The van der Waals surface area contributed by atoms with Crippen molar-refractivity contribution in [2.75, 3.05) is 0 Å². The quantitative estimate of drug-likeness (QED) is 0.708. The largest absolute Gasteiger partial charge is 0.207 e. The summed E-state index contributed by atoms with van der Waals surface area (Å²) in [4.78, 5) is 0. The Morgan fingerprint density at radius 1 is 0.800 bits per heavy atom. The van der Waals surface area contributed by atoms with Crippen LogP contribution in [0, 0.1) is 5.82 Å². The van der Waals surface area contributed by atoms with E-state index in [1.807, 2.05) is 24.3 Å². The van der Waals surface area contributed by atoms with E-state index in [1.54, 1.807) is 12.1 Å². The molecular weight excluding hydrogens is 230 g/mol. The van der Waals surface area contributed by atoms with Crippen LogP contribution in [0.25, 0.3) is 0 Å². The van der Waals surface area contributed by atoms with E-state index in [9.17, 15) is 4.39 Å². The van der Waals surface area contributed by atoms with E-state index in [0.717, 1.165) is 5.30 Å². The Hall–Kier alpha value is -0.910. The van der Waals surface area contributed by atoms with Crippen molar-refractivity contribution in [1.82, 2.24) is 0 Å². The summed E-state index contributed by atoms with van der Waals surface area (Å²) in [5.41, 5.74) is 0. The van der Waals surface area contributed by atoms with E-state index in [2.05, 4.69) is 12.1 Å². The molecule has 0 spiro atoms. The molecule has 1 unspecified atom stereocenters. The highest BCUT2D eigenvalue weighted by Gasteiger charge is 1.96. The van der Waals surface area contributed by atoms with Gasteiger partial charge in [0.05, 0.1) is 0 Å². The summed E-state index contributed by atoms with van der Waals surface area (Å²) in [5, 5.41) is 2.27. The Bertz CT molecular complexity index is 417. The fourth-order valence-electron chi connectivity index (χ4n) is 1.25. The summed E-state index contributed by atoms with van der Waals surface area (Å²) in [6, 6.07) is 16.9. The third-order valence-electron chi connectivity index (χ3n) is 1.89. The van der Waals surface area contributed by atoms with Crippen LogP contribution >= 0.6 is 21.0 Å². The van der Waals surface area contributed by atoms with E-state index in [4.69, 9.17) is 0 Å². The van der Waals surface area contributed by atoms with Gasteiger partial charge in [0.2, 0.25) is 0 Å². The molecule has 3 heteroatoms. The average molecular weight is 241 g/mol. The zero-order valence-electron chi connectivity index (χ0n) is 7.98. The zero-order chi connectivity index (χ0) is 9.80. The number of hydrogen-bond donors (Lipinski definition) is 0. The number of hydrogen-bond acceptors (Lipinski definition) is 0. The number of halogens is 2. The number of rotatable bonds is 2. The summed E-state index contributed by atoms with van der Waals surface area (Å²) in [7, 11) is 0.533. The van der Waals surface area contributed by atoms with Gasteiger partial charge in [-0.1, -0.05) is 51.0 Å². The molecule has 2 aromatic carbocycles. The molecule has 0 amide bonds. The molecule has 0 fully saturated rings. The van der Waals surface area contributed by atoms with Gasteiger partial charge in [0.1, 0.15) is 5.82 Å². The van der Waals surface area contributed by atoms with Crippen molar-refractivity contribution >= 4 is 31.6 Å². The summed E-state index contributed by atoms with van der Waals surface area (Å²) in [5.74, 6) is -0.161. The lowest BCUT2D eigenvalue weighted by Gasteiger charge is -2.01. The van der Waals surface area contributed by atoms with Crippen LogP contribution in [0.4, 0.5) is 4.39 Å². The molecule has 0 aromatic heterocycles. The van der Waals surface area contributed by atoms with Crippen LogP contribution in [-0.4, -0.2) is 0 Å². The summed E-state index contributed by atoms with van der Waals surface area (Å²) < 4.78 is 12.9. The SMILES string of the molecule is Cl.Fc1cccc(Pc2ccccc2)c1. The molecule has 78 valence electrons. The molecule has 0 aliphatic carbocycles. The highest BCUT2D eigenvalue weighted by Crippen LogP contribution is 2.10. The van der Waals surface area contributed by atoms with Crippen molar-refractivity contribution in [3.05, 3.63) is 60.4 Å². The normalized spacial score (nSPS) is 10.2. The Kier molecular flexibility index (Phi) is 4.74. The molecule has 0 aliphatic heterocycles. The standard InChI is InChI=1S/C12H10FP.ClH/c13-10-5-4-8-12(9-10)14-11-6-2-1-3-7-11;/h1-9,14H;1H. The Morgan fingerprint density at radius 2 is 1.47 bits per heavy atom. The maximum Gasteiger partial charge on any atom is 0.123 e. The first-order valence-corrected chi connectivity index (χ1v) is 5.42. The number of benzene rings is 2. The summed E-state index contributed by atoms with van der Waals surface area (Å²) in [6.07, 6.45) is 0. The van der Waals surface area contributed by atoms with Crippen molar-refractivity contribution in [2.45, 2.75) is 0 Å². The van der Waals surface area contributed by atoms with Gasteiger partial charge < -0.3 is 0 Å². The van der Waals surface area contributed by atoms with Crippen LogP contribution in [0.1, 0.15) is 0 Å². The second-order valence-corrected chi connectivity index (χ2v) is 4.41. The minimum atomic E-state index is -0.161. The van der Waals surface area contributed by atoms with Crippen molar-refractivity contribution in [3.63, 3.8) is 0 Å². The van der Waals surface area contributed by atoms with Crippen molar-refractivity contribution < 1.29 is 4.39 Å². The molecule has 0 saturated carbocycles. The molecule has 0 saturated heterocycles. The molecule has 2 aromatic rings. The Labute approximate surface area is 96.7 Å². The topological polar surface area (TPSA) is 0 Å². The van der Waals surface area contributed by atoms with Gasteiger partial charge in [0.25, 0.3) is 0 Å². The predicted octanol–water partition coefficient (Wildman–Crippen LogP) is 2.88. The maximum atomic E-state index is 12.9.